The highest BCUT2D eigenvalue weighted by atomic mass is 35.5. The van der Waals surface area contributed by atoms with Gasteiger partial charge in [0.15, 0.2) is 17.2 Å². The predicted octanol–water partition coefficient (Wildman–Crippen LogP) is 4.95. The van der Waals surface area contributed by atoms with Crippen LogP contribution in [0.1, 0.15) is 19.8 Å². The number of hydrogen-bond donors (Lipinski definition) is 1. The number of methoxy groups -OCH3 is 1. The first kappa shape index (κ1) is 27.8. The van der Waals surface area contributed by atoms with Crippen molar-refractivity contribution in [2.75, 3.05) is 54.2 Å². The van der Waals surface area contributed by atoms with Gasteiger partial charge in [-0.25, -0.2) is 19.2 Å². The summed E-state index contributed by atoms with van der Waals surface area (Å²) in [6.45, 7) is 5.00. The van der Waals surface area contributed by atoms with E-state index in [-0.39, 0.29) is 16.6 Å². The summed E-state index contributed by atoms with van der Waals surface area (Å²) < 4.78 is 28.3. The lowest BCUT2D eigenvalue weighted by Gasteiger charge is -2.27. The molecule has 0 bridgehead atoms. The van der Waals surface area contributed by atoms with E-state index in [4.69, 9.17) is 35.3 Å². The SMILES string of the molecule is CCCNC(=O)[N+](C)(C)c1ccc(Oc2ncnc3cc(OCCCOC4COC4)c(OC)cc23)cc1Cl. The molecule has 38 heavy (non-hydrogen) atoms. The van der Waals surface area contributed by atoms with Crippen molar-refractivity contribution < 1.29 is 28.5 Å². The number of halogens is 1. The number of urea groups is 1. The van der Waals surface area contributed by atoms with Crippen molar-refractivity contribution in [3.8, 4) is 23.1 Å². The summed E-state index contributed by atoms with van der Waals surface area (Å²) >= 11 is 6.58. The van der Waals surface area contributed by atoms with Crippen LogP contribution in [-0.4, -0.2) is 76.3 Å². The minimum absolute atomic E-state index is 0.0450. The Balaban J connectivity index is 1.48. The molecule has 0 atom stereocenters. The van der Waals surface area contributed by atoms with E-state index in [1.165, 1.54) is 6.33 Å². The Bertz CT molecular complexity index is 1270. The van der Waals surface area contributed by atoms with Crippen molar-refractivity contribution in [3.05, 3.63) is 41.7 Å². The number of aromatic nitrogens is 2. The summed E-state index contributed by atoms with van der Waals surface area (Å²) in [5.41, 5.74) is 1.29. The topological polar surface area (TPSA) is 101 Å². The van der Waals surface area contributed by atoms with Gasteiger partial charge < -0.3 is 29.0 Å². The molecule has 2 aromatic carbocycles. The molecule has 10 nitrogen and oxygen atoms in total. The number of carbonyl (C=O) groups is 1. The first-order chi connectivity index (χ1) is 18.3. The molecule has 0 saturated carbocycles. The van der Waals surface area contributed by atoms with Crippen LogP contribution in [0.5, 0.6) is 23.1 Å². The number of fused-ring (bicyclic) bond motifs is 1. The smallest absolute Gasteiger partial charge is 0.421 e. The van der Waals surface area contributed by atoms with Crippen LogP contribution in [0.3, 0.4) is 0 Å². The van der Waals surface area contributed by atoms with Gasteiger partial charge in [-0.3, -0.25) is 0 Å². The number of carbonyl (C=O) groups excluding carboxylic acids is 1. The Labute approximate surface area is 227 Å². The minimum Gasteiger partial charge on any atom is -0.493 e. The normalized spacial score (nSPS) is 13.7. The molecule has 3 aromatic rings. The lowest BCUT2D eigenvalue weighted by Crippen LogP contribution is -2.52. The van der Waals surface area contributed by atoms with Crippen molar-refractivity contribution in [2.45, 2.75) is 25.9 Å². The third-order valence-electron chi connectivity index (χ3n) is 6.16. The van der Waals surface area contributed by atoms with Gasteiger partial charge in [0.05, 0.1) is 58.5 Å². The van der Waals surface area contributed by atoms with Crippen molar-refractivity contribution in [2.24, 2.45) is 0 Å². The average molecular weight is 546 g/mol. The first-order valence-electron chi connectivity index (χ1n) is 12.6. The second kappa shape index (κ2) is 12.6. The fourth-order valence-electron chi connectivity index (χ4n) is 3.85. The van der Waals surface area contributed by atoms with Crippen LogP contribution in [0.25, 0.3) is 10.9 Å². The van der Waals surface area contributed by atoms with Crippen LogP contribution in [0.2, 0.25) is 5.02 Å². The molecule has 1 aliphatic heterocycles. The van der Waals surface area contributed by atoms with Crippen LogP contribution in [0.4, 0.5) is 10.5 Å². The zero-order valence-corrected chi connectivity index (χ0v) is 22.9. The largest absolute Gasteiger partial charge is 0.493 e. The van der Waals surface area contributed by atoms with Crippen molar-refractivity contribution in [1.82, 2.24) is 19.8 Å². The number of ether oxygens (including phenoxy) is 5. The van der Waals surface area contributed by atoms with E-state index in [2.05, 4.69) is 15.3 Å². The van der Waals surface area contributed by atoms with E-state index in [1.54, 1.807) is 51.5 Å². The zero-order valence-electron chi connectivity index (χ0n) is 22.2. The van der Waals surface area contributed by atoms with Gasteiger partial charge in [0, 0.05) is 31.2 Å². The Morgan fingerprint density at radius 2 is 1.97 bits per heavy atom. The quantitative estimate of drug-likeness (QED) is 0.252. The molecule has 1 saturated heterocycles. The maximum absolute atomic E-state index is 12.6. The molecule has 4 rings (SSSR count). The lowest BCUT2D eigenvalue weighted by molar-refractivity contribution is -0.130. The van der Waals surface area contributed by atoms with Crippen molar-refractivity contribution in [1.29, 1.82) is 0 Å². The molecular formula is C27H34ClN4O6+. The monoisotopic (exact) mass is 545 g/mol. The van der Waals surface area contributed by atoms with Crippen molar-refractivity contribution >= 4 is 34.2 Å². The van der Waals surface area contributed by atoms with E-state index in [0.717, 1.165) is 12.8 Å². The molecule has 1 aliphatic rings. The lowest BCUT2D eigenvalue weighted by atomic mass is 10.2. The van der Waals surface area contributed by atoms with Gasteiger partial charge in [0.2, 0.25) is 5.88 Å². The van der Waals surface area contributed by atoms with E-state index < -0.39 is 0 Å². The molecule has 0 aliphatic carbocycles. The van der Waals surface area contributed by atoms with Gasteiger partial charge in [-0.15, -0.1) is 0 Å². The van der Waals surface area contributed by atoms with Crippen LogP contribution in [0, 0.1) is 0 Å². The Morgan fingerprint density at radius 1 is 1.16 bits per heavy atom. The molecule has 0 radical (unpaired) electrons. The minimum atomic E-state index is -0.144. The number of amides is 2. The summed E-state index contributed by atoms with van der Waals surface area (Å²) in [6.07, 6.45) is 3.21. The summed E-state index contributed by atoms with van der Waals surface area (Å²) in [6, 6.07) is 8.65. The van der Waals surface area contributed by atoms with E-state index in [9.17, 15) is 4.79 Å². The molecule has 0 spiro atoms. The van der Waals surface area contributed by atoms with Gasteiger partial charge >= 0.3 is 6.03 Å². The third-order valence-corrected chi connectivity index (χ3v) is 6.46. The molecular weight excluding hydrogens is 512 g/mol. The highest BCUT2D eigenvalue weighted by Crippen LogP contribution is 2.38. The van der Waals surface area contributed by atoms with Crippen LogP contribution >= 0.6 is 11.6 Å². The molecule has 1 N–H and O–H groups in total. The van der Waals surface area contributed by atoms with Gasteiger partial charge in [-0.05, 0) is 18.6 Å². The molecule has 204 valence electrons. The third kappa shape index (κ3) is 6.44. The van der Waals surface area contributed by atoms with Crippen molar-refractivity contribution in [3.63, 3.8) is 0 Å². The second-order valence-corrected chi connectivity index (χ2v) is 9.74. The fraction of sp³-hybridized carbons (Fsp3) is 0.444. The Morgan fingerprint density at radius 3 is 2.66 bits per heavy atom. The molecule has 1 aromatic heterocycles. The van der Waals surface area contributed by atoms with Gasteiger partial charge in [-0.2, -0.15) is 0 Å². The summed E-state index contributed by atoms with van der Waals surface area (Å²) in [4.78, 5) is 21.3. The average Bonchev–Trinajstić information content (AvgIpc) is 2.87. The first-order valence-corrected chi connectivity index (χ1v) is 13.0. The number of rotatable bonds is 12. The summed E-state index contributed by atoms with van der Waals surface area (Å²) in [5, 5.41) is 3.97. The highest BCUT2D eigenvalue weighted by molar-refractivity contribution is 6.33. The number of benzene rings is 2. The zero-order chi connectivity index (χ0) is 27.1. The molecule has 2 amide bonds. The Kier molecular flexibility index (Phi) is 9.22. The summed E-state index contributed by atoms with van der Waals surface area (Å²) in [5.74, 6) is 1.93. The molecule has 11 heteroatoms. The molecule has 1 fully saturated rings. The fourth-order valence-corrected chi connectivity index (χ4v) is 4.23. The van der Waals surface area contributed by atoms with Crippen LogP contribution < -0.4 is 24.0 Å². The van der Waals surface area contributed by atoms with Crippen LogP contribution in [0.15, 0.2) is 36.7 Å². The predicted molar refractivity (Wildman–Crippen MR) is 146 cm³/mol. The molecule has 0 unspecified atom stereocenters. The van der Waals surface area contributed by atoms with E-state index in [0.29, 0.717) is 77.7 Å². The van der Waals surface area contributed by atoms with Gasteiger partial charge in [-0.1, -0.05) is 18.5 Å². The van der Waals surface area contributed by atoms with E-state index in [1.807, 2.05) is 6.92 Å². The highest BCUT2D eigenvalue weighted by Gasteiger charge is 2.31. The number of hydrogen-bond acceptors (Lipinski definition) is 8. The maximum Gasteiger partial charge on any atom is 0.421 e. The second-order valence-electron chi connectivity index (χ2n) is 9.33. The Hall–Kier alpha value is -3.18. The van der Waals surface area contributed by atoms with Crippen LogP contribution in [-0.2, 0) is 9.47 Å². The van der Waals surface area contributed by atoms with Gasteiger partial charge in [0.1, 0.15) is 23.2 Å². The summed E-state index contributed by atoms with van der Waals surface area (Å²) in [7, 11) is 5.15. The maximum atomic E-state index is 12.6. The number of nitrogens with zero attached hydrogens (tertiary/aromatic N) is 3. The number of quaternary nitrogens is 1. The number of nitrogens with one attached hydrogen (secondary N) is 1. The standard InChI is InChI=1S/C27H33ClN4O6/c1-5-9-29-27(33)32(2,3)23-8-7-18(12-21(23)28)38-26-20-13-24(34-4)25(14-22(20)30-17-31-26)37-11-6-10-36-19-15-35-16-19/h7-8,12-14,17,19H,5-6,9-11,15-16H2,1-4H3/p+1. The van der Waals surface area contributed by atoms with E-state index >= 15 is 0 Å². The van der Waals surface area contributed by atoms with Gasteiger partial charge in [0.25, 0.3) is 0 Å². The molecule has 2 heterocycles.